The number of carbonyl (C=O) groups excluding carboxylic acids is 1. The molecule has 7 heteroatoms. The number of carbonyl (C=O) groups is 1. The number of halogens is 1. The van der Waals surface area contributed by atoms with Crippen LogP contribution >= 0.6 is 11.6 Å². The molecule has 4 N–H and O–H groups in total. The average Bonchev–Trinajstić information content (AvgIpc) is 2.61. The predicted molar refractivity (Wildman–Crippen MR) is 109 cm³/mol. The number of ether oxygens (including phenoxy) is 1. The minimum Gasteiger partial charge on any atom is -0.508 e. The number of hydrogen-bond acceptors (Lipinski definition) is 5. The van der Waals surface area contributed by atoms with Gasteiger partial charge in [-0.2, -0.15) is 0 Å². The lowest BCUT2D eigenvalue weighted by Gasteiger charge is -2.30. The standard InChI is InChI=1S/C21H25ClN2O4/c1-12-6-14(22)5-4-13(12)9-21(2,3)23-10-18(26)16-7-15(25)8-17-20(16)28-11-19(27)24-17/h4-8,18,23,25-26H,9-11H2,1-3H3,(H,24,27)/t18-/m0/s1. The van der Waals surface area contributed by atoms with E-state index in [2.05, 4.69) is 24.5 Å². The van der Waals surface area contributed by atoms with Gasteiger partial charge in [-0.25, -0.2) is 0 Å². The van der Waals surface area contributed by atoms with Crippen LogP contribution in [0.5, 0.6) is 11.5 Å². The van der Waals surface area contributed by atoms with Gasteiger partial charge in [0.2, 0.25) is 0 Å². The number of β-amino-alcohol motifs (C(OH)–C–C–N with tert-alkyl or cyclic N) is 1. The SMILES string of the molecule is Cc1cc(Cl)ccc1CC(C)(C)NC[C@H](O)c1cc(O)cc2c1OCC(=O)N2. The van der Waals surface area contributed by atoms with Crippen LogP contribution in [0, 0.1) is 6.92 Å². The van der Waals surface area contributed by atoms with Crippen molar-refractivity contribution in [1.82, 2.24) is 5.32 Å². The van der Waals surface area contributed by atoms with Gasteiger partial charge in [0.1, 0.15) is 11.5 Å². The molecule has 6 nitrogen and oxygen atoms in total. The van der Waals surface area contributed by atoms with Crippen molar-refractivity contribution in [2.75, 3.05) is 18.5 Å². The maximum absolute atomic E-state index is 11.5. The van der Waals surface area contributed by atoms with Gasteiger partial charge in [0.15, 0.2) is 6.61 Å². The van der Waals surface area contributed by atoms with E-state index in [1.165, 1.54) is 17.7 Å². The van der Waals surface area contributed by atoms with E-state index in [1.807, 2.05) is 25.1 Å². The van der Waals surface area contributed by atoms with Crippen molar-refractivity contribution >= 4 is 23.2 Å². The van der Waals surface area contributed by atoms with Crippen molar-refractivity contribution in [2.45, 2.75) is 38.8 Å². The first kappa shape index (κ1) is 20.5. The van der Waals surface area contributed by atoms with E-state index in [-0.39, 0.29) is 30.3 Å². The summed E-state index contributed by atoms with van der Waals surface area (Å²) in [6, 6.07) is 8.69. The average molecular weight is 405 g/mol. The van der Waals surface area contributed by atoms with Crippen molar-refractivity contribution in [1.29, 1.82) is 0 Å². The number of phenolic OH excluding ortho intramolecular Hbond substituents is 1. The topological polar surface area (TPSA) is 90.8 Å². The molecule has 2 aromatic rings. The Morgan fingerprint density at radius 3 is 2.79 bits per heavy atom. The largest absolute Gasteiger partial charge is 0.508 e. The molecule has 0 saturated heterocycles. The molecule has 150 valence electrons. The van der Waals surface area contributed by atoms with E-state index in [0.29, 0.717) is 22.0 Å². The van der Waals surface area contributed by atoms with Crippen molar-refractivity contribution < 1.29 is 19.7 Å². The molecule has 0 spiro atoms. The Balaban J connectivity index is 1.71. The molecule has 0 radical (unpaired) electrons. The second-order valence-corrected chi connectivity index (χ2v) is 8.21. The number of anilines is 1. The molecule has 2 aromatic carbocycles. The smallest absolute Gasteiger partial charge is 0.262 e. The third-order valence-corrected chi connectivity index (χ3v) is 5.03. The molecule has 0 aliphatic carbocycles. The number of aryl methyl sites for hydroxylation is 1. The van der Waals surface area contributed by atoms with E-state index in [4.69, 9.17) is 16.3 Å². The number of aliphatic hydroxyl groups excluding tert-OH is 1. The molecule has 1 amide bonds. The van der Waals surface area contributed by atoms with Crippen LogP contribution in [-0.4, -0.2) is 34.8 Å². The molecular weight excluding hydrogens is 380 g/mol. The maximum Gasteiger partial charge on any atom is 0.262 e. The van der Waals surface area contributed by atoms with Crippen molar-refractivity contribution in [2.24, 2.45) is 0 Å². The summed E-state index contributed by atoms with van der Waals surface area (Å²) >= 11 is 6.03. The van der Waals surface area contributed by atoms with Gasteiger partial charge in [0, 0.05) is 28.7 Å². The minimum atomic E-state index is -0.915. The van der Waals surface area contributed by atoms with Crippen LogP contribution in [0.25, 0.3) is 0 Å². The second-order valence-electron chi connectivity index (χ2n) is 7.78. The molecule has 0 bridgehead atoms. The fraction of sp³-hybridized carbons (Fsp3) is 0.381. The van der Waals surface area contributed by atoms with E-state index >= 15 is 0 Å². The molecule has 28 heavy (non-hydrogen) atoms. The third-order valence-electron chi connectivity index (χ3n) is 4.79. The fourth-order valence-corrected chi connectivity index (χ4v) is 3.57. The highest BCUT2D eigenvalue weighted by Crippen LogP contribution is 2.38. The van der Waals surface area contributed by atoms with Crippen LogP contribution < -0.4 is 15.4 Å². The lowest BCUT2D eigenvalue weighted by atomic mass is 9.92. The Hall–Kier alpha value is -2.28. The Labute approximate surface area is 169 Å². The van der Waals surface area contributed by atoms with E-state index in [1.54, 1.807) is 0 Å². The highest BCUT2D eigenvalue weighted by atomic mass is 35.5. The molecule has 0 aromatic heterocycles. The van der Waals surface area contributed by atoms with E-state index < -0.39 is 6.10 Å². The Morgan fingerprint density at radius 1 is 1.32 bits per heavy atom. The lowest BCUT2D eigenvalue weighted by Crippen LogP contribution is -2.43. The first-order valence-corrected chi connectivity index (χ1v) is 9.50. The summed E-state index contributed by atoms with van der Waals surface area (Å²) < 4.78 is 5.47. The number of fused-ring (bicyclic) bond motifs is 1. The van der Waals surface area contributed by atoms with E-state index in [0.717, 1.165) is 12.0 Å². The van der Waals surface area contributed by atoms with Crippen LogP contribution in [-0.2, 0) is 11.2 Å². The summed E-state index contributed by atoms with van der Waals surface area (Å²) in [5.41, 5.74) is 2.81. The van der Waals surface area contributed by atoms with Crippen LogP contribution in [0.4, 0.5) is 5.69 Å². The number of amides is 1. The van der Waals surface area contributed by atoms with Gasteiger partial charge in [-0.1, -0.05) is 17.7 Å². The van der Waals surface area contributed by atoms with Gasteiger partial charge < -0.3 is 25.6 Å². The number of aliphatic hydroxyl groups is 1. The molecule has 1 aliphatic heterocycles. The van der Waals surface area contributed by atoms with Crippen LogP contribution in [0.1, 0.15) is 36.6 Å². The van der Waals surface area contributed by atoms with Crippen molar-refractivity contribution in [3.63, 3.8) is 0 Å². The zero-order chi connectivity index (χ0) is 20.5. The van der Waals surface area contributed by atoms with Crippen molar-refractivity contribution in [3.05, 3.63) is 52.0 Å². The molecule has 0 fully saturated rings. The zero-order valence-electron chi connectivity index (χ0n) is 16.2. The first-order valence-electron chi connectivity index (χ1n) is 9.12. The number of hydrogen-bond donors (Lipinski definition) is 4. The van der Waals surface area contributed by atoms with Crippen LogP contribution in [0.3, 0.4) is 0 Å². The van der Waals surface area contributed by atoms with Crippen LogP contribution in [0.15, 0.2) is 30.3 Å². The Kier molecular flexibility index (Phi) is 5.84. The summed E-state index contributed by atoms with van der Waals surface area (Å²) in [5, 5.41) is 27.4. The number of benzene rings is 2. The molecule has 3 rings (SSSR count). The maximum atomic E-state index is 11.5. The number of phenols is 1. The van der Waals surface area contributed by atoms with Gasteiger partial charge >= 0.3 is 0 Å². The molecular formula is C21H25ClN2O4. The Morgan fingerprint density at radius 2 is 2.07 bits per heavy atom. The summed E-state index contributed by atoms with van der Waals surface area (Å²) in [7, 11) is 0. The fourth-order valence-electron chi connectivity index (χ4n) is 3.34. The van der Waals surface area contributed by atoms with Gasteiger partial charge in [-0.15, -0.1) is 0 Å². The molecule has 1 heterocycles. The first-order chi connectivity index (χ1) is 13.1. The van der Waals surface area contributed by atoms with Crippen LogP contribution in [0.2, 0.25) is 5.02 Å². The zero-order valence-corrected chi connectivity index (χ0v) is 16.9. The second kappa shape index (κ2) is 7.99. The lowest BCUT2D eigenvalue weighted by molar-refractivity contribution is -0.118. The number of rotatable bonds is 6. The number of aromatic hydroxyl groups is 1. The summed E-state index contributed by atoms with van der Waals surface area (Å²) in [4.78, 5) is 11.5. The minimum absolute atomic E-state index is 0.0466. The summed E-state index contributed by atoms with van der Waals surface area (Å²) in [6.07, 6.45) is -0.158. The summed E-state index contributed by atoms with van der Waals surface area (Å²) in [5.74, 6) is 0.0452. The highest BCUT2D eigenvalue weighted by Gasteiger charge is 2.26. The van der Waals surface area contributed by atoms with Gasteiger partial charge in [0.05, 0.1) is 11.8 Å². The quantitative estimate of drug-likeness (QED) is 0.593. The third kappa shape index (κ3) is 4.76. The molecule has 1 aliphatic rings. The monoisotopic (exact) mass is 404 g/mol. The normalized spacial score (nSPS) is 14.8. The predicted octanol–water partition coefficient (Wildman–Crippen LogP) is 3.33. The molecule has 0 unspecified atom stereocenters. The molecule has 0 saturated carbocycles. The van der Waals surface area contributed by atoms with Gasteiger partial charge in [-0.05, 0) is 56.5 Å². The number of nitrogens with one attached hydrogen (secondary N) is 2. The summed E-state index contributed by atoms with van der Waals surface area (Å²) in [6.45, 7) is 6.28. The van der Waals surface area contributed by atoms with Crippen molar-refractivity contribution in [3.8, 4) is 11.5 Å². The van der Waals surface area contributed by atoms with Gasteiger partial charge in [0.25, 0.3) is 5.91 Å². The molecule has 1 atom stereocenters. The van der Waals surface area contributed by atoms with E-state index in [9.17, 15) is 15.0 Å². The Bertz CT molecular complexity index is 898. The van der Waals surface area contributed by atoms with Gasteiger partial charge in [-0.3, -0.25) is 4.79 Å². The highest BCUT2D eigenvalue weighted by molar-refractivity contribution is 6.30.